The second-order valence-electron chi connectivity index (χ2n) is 25.8. The molecule has 0 N–H and O–H groups in total. The van der Waals surface area contributed by atoms with Crippen molar-refractivity contribution < 1.29 is 31.1 Å². The molecule has 0 saturated heterocycles. The van der Waals surface area contributed by atoms with Crippen LogP contribution in [0.15, 0.2) is 267 Å². The highest BCUT2D eigenvalue weighted by Gasteiger charge is 2.20. The fraction of sp³-hybridized carbons (Fsp3) is 0.176. The van der Waals surface area contributed by atoms with Crippen LogP contribution in [0.1, 0.15) is 69.4 Å². The zero-order chi connectivity index (χ0) is 72.9. The molecule has 0 radical (unpaired) electrons. The average molecular weight is 1260 g/mol. The number of aromatic nitrogens is 5. The number of aryl methyl sites for hydroxylation is 14. The number of hydrogen-bond donors (Lipinski definition) is 0. The van der Waals surface area contributed by atoms with Crippen LogP contribution in [-0.2, 0) is 35.2 Å². The normalized spacial score (nSPS) is 12.1. The van der Waals surface area contributed by atoms with Gasteiger partial charge in [-0.3, -0.25) is 0 Å². The molecule has 5 heteroatoms. The third-order valence-corrected chi connectivity index (χ3v) is 18.7. The second-order valence-corrected chi connectivity index (χ2v) is 25.8. The van der Waals surface area contributed by atoms with Crippen molar-refractivity contribution >= 4 is 54.1 Å². The molecule has 15 rings (SSSR count). The Morgan fingerprint density at radius 3 is 1.01 bits per heavy atom. The van der Waals surface area contributed by atoms with Crippen molar-refractivity contribution in [2.24, 2.45) is 35.2 Å². The van der Waals surface area contributed by atoms with Gasteiger partial charge in [0.1, 0.15) is 35.2 Å². The van der Waals surface area contributed by atoms with Crippen LogP contribution in [0.2, 0.25) is 0 Å². The smallest absolute Gasteiger partial charge is 0.200 e. The Bertz CT molecular complexity index is 5630. The lowest BCUT2D eigenvalue weighted by molar-refractivity contribution is -0.659. The minimum Gasteiger partial charge on any atom is -0.200 e. The van der Waals surface area contributed by atoms with Crippen molar-refractivity contribution in [1.29, 1.82) is 0 Å². The Balaban J connectivity index is 0.000000128. The molecule has 0 aliphatic carbocycles. The molecule has 0 atom stereocenters. The molecule has 5 heterocycles. The Hall–Kier alpha value is -10.8. The van der Waals surface area contributed by atoms with Gasteiger partial charge in [0.25, 0.3) is 0 Å². The lowest BCUT2D eigenvalue weighted by Gasteiger charge is -2.10. The molecule has 10 aromatic carbocycles. The van der Waals surface area contributed by atoms with Crippen LogP contribution in [0.3, 0.4) is 0 Å². The van der Waals surface area contributed by atoms with Crippen molar-refractivity contribution in [1.82, 2.24) is 0 Å². The van der Waals surface area contributed by atoms with Crippen LogP contribution >= 0.6 is 0 Å². The maximum atomic E-state index is 7.78. The van der Waals surface area contributed by atoms with Crippen molar-refractivity contribution in [3.63, 3.8) is 0 Å². The summed E-state index contributed by atoms with van der Waals surface area (Å²) < 4.78 is 56.8. The minimum atomic E-state index is -2.10. The van der Waals surface area contributed by atoms with E-state index in [0.29, 0.717) is 11.1 Å². The summed E-state index contributed by atoms with van der Waals surface area (Å²) in [6.07, 6.45) is 6.39. The molecule has 0 aliphatic heterocycles. The first-order valence-electron chi connectivity index (χ1n) is 36.0. The second kappa shape index (κ2) is 29.3. The molecule has 5 nitrogen and oxygen atoms in total. The Kier molecular flexibility index (Phi) is 18.0. The summed E-state index contributed by atoms with van der Waals surface area (Å²) in [5.74, 6) is 0. The first-order chi connectivity index (χ1) is 48.6. The number of nitrogens with zero attached hydrogens (tertiary/aromatic N) is 5. The van der Waals surface area contributed by atoms with Crippen molar-refractivity contribution in [2.75, 3.05) is 0 Å². The van der Waals surface area contributed by atoms with Crippen LogP contribution in [0, 0.1) is 76.0 Å². The fourth-order valence-electron chi connectivity index (χ4n) is 13.2. The van der Waals surface area contributed by atoms with E-state index in [-0.39, 0.29) is 0 Å². The molecule has 5 aromatic heterocycles. The predicted molar refractivity (Wildman–Crippen MR) is 405 cm³/mol. The summed E-state index contributed by atoms with van der Waals surface area (Å²) >= 11 is 0. The van der Waals surface area contributed by atoms with E-state index in [4.69, 9.17) is 8.22 Å². The van der Waals surface area contributed by atoms with E-state index in [1.54, 1.807) is 18.2 Å². The molecule has 0 aliphatic rings. The SMILES string of the molecule is Cc1cc(C)c(C)c(-c2cc3ccccc3c[n+]2C)c1.Cc1ccc(-c2ccc3ccccc3[n+]2C)c(C)c1.Cc1ccccc1-c1ccc2ccccc2[n+]1C.[2H]C([2H])([2H])c1cc(C)cc(-c2cc3ccccc3c[n+]2C)c1C.[2H]C([2H])([2H])c1ccc(-c2cc3ccccc3c[n+]2C)c(C)c1. The number of hydrogen-bond acceptors (Lipinski definition) is 0. The lowest BCUT2D eigenvalue weighted by Crippen LogP contribution is -2.32. The maximum Gasteiger partial charge on any atom is 0.213 e. The number of pyridine rings is 5. The van der Waals surface area contributed by atoms with Gasteiger partial charge in [-0.2, -0.15) is 9.13 Å². The number of para-hydroxylation sites is 2. The first kappa shape index (κ1) is 59.0. The zero-order valence-corrected chi connectivity index (χ0v) is 58.1. The summed E-state index contributed by atoms with van der Waals surface area (Å²) in [4.78, 5) is 0. The molecule has 0 spiro atoms. The van der Waals surface area contributed by atoms with Crippen molar-refractivity contribution in [3.05, 3.63) is 329 Å². The van der Waals surface area contributed by atoms with Crippen LogP contribution in [0.5, 0.6) is 0 Å². The highest BCUT2D eigenvalue weighted by molar-refractivity contribution is 5.87. The Morgan fingerprint density at radius 1 is 0.229 bits per heavy atom. The molecular formula is C91H92N5+5. The highest BCUT2D eigenvalue weighted by atomic mass is 14.9. The van der Waals surface area contributed by atoms with Gasteiger partial charge in [0.2, 0.25) is 39.5 Å². The zero-order valence-electron chi connectivity index (χ0n) is 64.1. The Morgan fingerprint density at radius 2 is 0.573 bits per heavy atom. The summed E-state index contributed by atoms with van der Waals surface area (Å²) in [5.41, 5.74) is 25.9. The van der Waals surface area contributed by atoms with Gasteiger partial charge in [-0.05, 0) is 204 Å². The van der Waals surface area contributed by atoms with E-state index in [1.807, 2.05) is 65.2 Å². The van der Waals surface area contributed by atoms with E-state index in [9.17, 15) is 0 Å². The quantitative estimate of drug-likeness (QED) is 0.153. The number of rotatable bonds is 5. The summed E-state index contributed by atoms with van der Waals surface area (Å²) in [5, 5.41) is 9.80. The molecule has 15 aromatic rings. The lowest BCUT2D eigenvalue weighted by atomic mass is 9.96. The third kappa shape index (κ3) is 14.8. The molecule has 476 valence electrons. The van der Waals surface area contributed by atoms with Gasteiger partial charge in [0.05, 0.1) is 0 Å². The third-order valence-electron chi connectivity index (χ3n) is 18.7. The number of benzene rings is 10. The molecule has 0 unspecified atom stereocenters. The summed E-state index contributed by atoms with van der Waals surface area (Å²) in [6.45, 7) is 14.7. The van der Waals surface area contributed by atoms with Crippen LogP contribution in [0.4, 0.5) is 0 Å². The topological polar surface area (TPSA) is 19.4 Å². The van der Waals surface area contributed by atoms with Gasteiger partial charge in [0.15, 0.2) is 18.6 Å². The van der Waals surface area contributed by atoms with E-state index in [1.165, 1.54) is 116 Å². The largest absolute Gasteiger partial charge is 0.213 e. The fourth-order valence-corrected chi connectivity index (χ4v) is 13.2. The molecule has 0 bridgehead atoms. The standard InChI is InChI=1S/2C19H20N.2C18H18N.C17H16N/c2*1-13-9-14(2)15(3)18(10-13)19-11-16-7-5-6-8-17(16)12-20(19)4;1-13-8-10-16(14(2)12-13)18-11-9-15-6-4-5-7-17(15)19(18)3;1-13-8-9-17(14(2)10-13)18-11-15-6-4-5-7-16(15)12-19(18)3;1-13-7-3-5-9-15(13)17-12-11-14-8-4-6-10-16(14)18(17)2/h2*5-12H,1-4H3;2*4-12H,1-3H3;3-12H,1-2H3/q5*+1/i2D3;;;1D3;. The average Bonchev–Trinajstić information content (AvgIpc) is 0.788. The molecular weight excluding hydrogens is 1160 g/mol. The van der Waals surface area contributed by atoms with Crippen LogP contribution < -0.4 is 22.8 Å². The monoisotopic (exact) mass is 1260 g/mol. The van der Waals surface area contributed by atoms with E-state index >= 15 is 0 Å². The Labute approximate surface area is 578 Å². The molecule has 0 saturated carbocycles. The van der Waals surface area contributed by atoms with Gasteiger partial charge in [-0.15, -0.1) is 0 Å². The molecule has 96 heavy (non-hydrogen) atoms. The van der Waals surface area contributed by atoms with Gasteiger partial charge < -0.3 is 0 Å². The van der Waals surface area contributed by atoms with Gasteiger partial charge in [-0.25, -0.2) is 13.7 Å². The first-order valence-corrected chi connectivity index (χ1v) is 33.0. The van der Waals surface area contributed by atoms with E-state index in [2.05, 4.69) is 304 Å². The number of fused-ring (bicyclic) bond motifs is 5. The van der Waals surface area contributed by atoms with Crippen molar-refractivity contribution in [3.8, 4) is 56.3 Å². The minimum absolute atomic E-state index is 0.386. The van der Waals surface area contributed by atoms with E-state index < -0.39 is 13.7 Å². The van der Waals surface area contributed by atoms with Gasteiger partial charge >= 0.3 is 0 Å². The highest BCUT2D eigenvalue weighted by Crippen LogP contribution is 2.31. The summed E-state index contributed by atoms with van der Waals surface area (Å²) in [7, 11) is 10.4. The van der Waals surface area contributed by atoms with Crippen LogP contribution in [0.25, 0.3) is 110 Å². The predicted octanol–water partition coefficient (Wildman–Crippen LogP) is 20.0. The van der Waals surface area contributed by atoms with Crippen molar-refractivity contribution in [2.45, 2.75) is 76.0 Å². The maximum absolute atomic E-state index is 7.78. The molecule has 0 fully saturated rings. The van der Waals surface area contributed by atoms with Gasteiger partial charge in [0, 0.05) is 105 Å². The van der Waals surface area contributed by atoms with E-state index in [0.717, 1.165) is 44.6 Å². The summed E-state index contributed by atoms with van der Waals surface area (Å²) in [6, 6.07) is 86.2. The molecule has 0 amide bonds. The van der Waals surface area contributed by atoms with Gasteiger partial charge in [-0.1, -0.05) is 156 Å². The van der Waals surface area contributed by atoms with Crippen LogP contribution in [-0.4, -0.2) is 0 Å².